The van der Waals surface area contributed by atoms with Crippen molar-refractivity contribution >= 4 is 5.82 Å². The molecule has 0 bridgehead atoms. The topological polar surface area (TPSA) is 28.2 Å². The molecule has 0 aliphatic rings. The number of nitrogens with one attached hydrogen (secondary N) is 1. The Labute approximate surface area is 118 Å². The summed E-state index contributed by atoms with van der Waals surface area (Å²) in [6, 6.07) is 3.50. The van der Waals surface area contributed by atoms with Gasteiger partial charge < -0.3 is 10.2 Å². The second kappa shape index (κ2) is 7.47. The van der Waals surface area contributed by atoms with Crippen LogP contribution in [-0.2, 0) is 6.54 Å². The normalized spacial score (nSPS) is 11.7. The molecular weight excluding hydrogens is 267 g/mol. The van der Waals surface area contributed by atoms with Crippen LogP contribution in [0, 0.1) is 6.92 Å². The first-order chi connectivity index (χ1) is 9.37. The fraction of sp³-hybridized carbons (Fsp3) is 0.643. The lowest BCUT2D eigenvalue weighted by Gasteiger charge is -2.24. The molecule has 114 valence electrons. The molecule has 0 radical (unpaired) electrons. The number of halogens is 3. The van der Waals surface area contributed by atoms with E-state index < -0.39 is 12.7 Å². The van der Waals surface area contributed by atoms with E-state index in [2.05, 4.69) is 17.2 Å². The number of pyridine rings is 1. The predicted octanol–water partition coefficient (Wildman–Crippen LogP) is 3.28. The van der Waals surface area contributed by atoms with E-state index in [0.717, 1.165) is 24.2 Å². The zero-order chi connectivity index (χ0) is 15.2. The van der Waals surface area contributed by atoms with Crippen molar-refractivity contribution in [3.63, 3.8) is 0 Å². The highest BCUT2D eigenvalue weighted by molar-refractivity contribution is 5.41. The Morgan fingerprint density at radius 2 is 1.95 bits per heavy atom. The van der Waals surface area contributed by atoms with Gasteiger partial charge in [-0.2, -0.15) is 13.2 Å². The second-order valence-electron chi connectivity index (χ2n) is 4.72. The van der Waals surface area contributed by atoms with Gasteiger partial charge in [0, 0.05) is 18.8 Å². The van der Waals surface area contributed by atoms with Gasteiger partial charge in [-0.25, -0.2) is 4.98 Å². The van der Waals surface area contributed by atoms with Crippen molar-refractivity contribution in [1.29, 1.82) is 0 Å². The van der Waals surface area contributed by atoms with Crippen LogP contribution in [0.2, 0.25) is 0 Å². The standard InChI is InChI=1S/C14H22F3N3/c1-4-8-18-9-12-6-7-13(19-11(12)3)20(5-2)10-14(15,16)17/h6-7,18H,4-5,8-10H2,1-3H3. The molecule has 1 rings (SSSR count). The highest BCUT2D eigenvalue weighted by Gasteiger charge is 2.30. The van der Waals surface area contributed by atoms with Crippen molar-refractivity contribution in [2.24, 2.45) is 0 Å². The summed E-state index contributed by atoms with van der Waals surface area (Å²) >= 11 is 0. The molecule has 1 heterocycles. The van der Waals surface area contributed by atoms with Crippen LogP contribution in [0.25, 0.3) is 0 Å². The minimum absolute atomic E-state index is 0.277. The minimum atomic E-state index is -4.22. The van der Waals surface area contributed by atoms with Crippen LogP contribution in [0.5, 0.6) is 0 Å². The van der Waals surface area contributed by atoms with Crippen molar-refractivity contribution in [2.45, 2.75) is 39.9 Å². The maximum atomic E-state index is 12.5. The lowest BCUT2D eigenvalue weighted by atomic mass is 10.2. The monoisotopic (exact) mass is 289 g/mol. The van der Waals surface area contributed by atoms with Gasteiger partial charge in [0.15, 0.2) is 0 Å². The summed E-state index contributed by atoms with van der Waals surface area (Å²) in [5, 5.41) is 3.26. The van der Waals surface area contributed by atoms with E-state index in [1.165, 1.54) is 4.90 Å². The van der Waals surface area contributed by atoms with E-state index in [-0.39, 0.29) is 6.54 Å². The molecule has 1 aromatic heterocycles. The number of hydrogen-bond acceptors (Lipinski definition) is 3. The molecule has 0 aromatic carbocycles. The van der Waals surface area contributed by atoms with Crippen LogP contribution >= 0.6 is 0 Å². The number of rotatable bonds is 7. The van der Waals surface area contributed by atoms with Gasteiger partial charge in [0.25, 0.3) is 0 Å². The Morgan fingerprint density at radius 1 is 1.25 bits per heavy atom. The number of aryl methyl sites for hydroxylation is 1. The average molecular weight is 289 g/mol. The summed E-state index contributed by atoms with van der Waals surface area (Å²) in [5.41, 5.74) is 1.79. The molecule has 0 unspecified atom stereocenters. The quantitative estimate of drug-likeness (QED) is 0.781. The highest BCUT2D eigenvalue weighted by Crippen LogP contribution is 2.21. The van der Waals surface area contributed by atoms with Crippen LogP contribution in [0.15, 0.2) is 12.1 Å². The Kier molecular flexibility index (Phi) is 6.26. The largest absolute Gasteiger partial charge is 0.405 e. The van der Waals surface area contributed by atoms with Gasteiger partial charge in [-0.15, -0.1) is 0 Å². The first-order valence-corrected chi connectivity index (χ1v) is 6.86. The fourth-order valence-electron chi connectivity index (χ4n) is 1.91. The van der Waals surface area contributed by atoms with Gasteiger partial charge in [-0.05, 0) is 38.4 Å². The predicted molar refractivity (Wildman–Crippen MR) is 74.9 cm³/mol. The summed E-state index contributed by atoms with van der Waals surface area (Å²) in [6.45, 7) is 6.52. The molecule has 0 atom stereocenters. The van der Waals surface area contributed by atoms with E-state index in [1.54, 1.807) is 13.0 Å². The van der Waals surface area contributed by atoms with Gasteiger partial charge in [0.05, 0.1) is 0 Å². The molecule has 0 saturated carbocycles. The second-order valence-corrected chi connectivity index (χ2v) is 4.72. The average Bonchev–Trinajstić information content (AvgIpc) is 2.37. The van der Waals surface area contributed by atoms with Crippen molar-refractivity contribution < 1.29 is 13.2 Å². The summed E-state index contributed by atoms with van der Waals surface area (Å²) in [5.74, 6) is 0.376. The molecule has 0 fully saturated rings. The first kappa shape index (κ1) is 16.8. The number of alkyl halides is 3. The smallest absolute Gasteiger partial charge is 0.348 e. The van der Waals surface area contributed by atoms with Crippen molar-refractivity contribution in [3.05, 3.63) is 23.4 Å². The zero-order valence-electron chi connectivity index (χ0n) is 12.2. The summed E-state index contributed by atoms with van der Waals surface area (Å²) < 4.78 is 37.5. The molecule has 0 amide bonds. The molecule has 0 spiro atoms. The van der Waals surface area contributed by atoms with Gasteiger partial charge in [0.2, 0.25) is 0 Å². The number of anilines is 1. The lowest BCUT2D eigenvalue weighted by Crippen LogP contribution is -2.34. The molecule has 1 N–H and O–H groups in total. The molecule has 0 aliphatic carbocycles. The number of hydrogen-bond donors (Lipinski definition) is 1. The maximum absolute atomic E-state index is 12.5. The minimum Gasteiger partial charge on any atom is -0.348 e. The van der Waals surface area contributed by atoms with Crippen LogP contribution in [-0.4, -0.2) is 30.8 Å². The molecule has 0 saturated heterocycles. The Bertz CT molecular complexity index is 419. The van der Waals surface area contributed by atoms with Crippen molar-refractivity contribution in [1.82, 2.24) is 10.3 Å². The van der Waals surface area contributed by atoms with E-state index in [1.807, 2.05) is 13.0 Å². The molecule has 20 heavy (non-hydrogen) atoms. The molecule has 6 heteroatoms. The van der Waals surface area contributed by atoms with Crippen LogP contribution in [0.3, 0.4) is 0 Å². The fourth-order valence-corrected chi connectivity index (χ4v) is 1.91. The number of nitrogens with zero attached hydrogens (tertiary/aromatic N) is 2. The summed E-state index contributed by atoms with van der Waals surface area (Å²) in [4.78, 5) is 5.53. The zero-order valence-corrected chi connectivity index (χ0v) is 12.2. The van der Waals surface area contributed by atoms with E-state index in [0.29, 0.717) is 12.4 Å². The Morgan fingerprint density at radius 3 is 2.45 bits per heavy atom. The SMILES string of the molecule is CCCNCc1ccc(N(CC)CC(F)(F)F)nc1C. The molecular formula is C14H22F3N3. The molecule has 0 aliphatic heterocycles. The van der Waals surface area contributed by atoms with Gasteiger partial charge >= 0.3 is 6.18 Å². The van der Waals surface area contributed by atoms with Gasteiger partial charge in [-0.1, -0.05) is 13.0 Å². The van der Waals surface area contributed by atoms with Crippen LogP contribution in [0.1, 0.15) is 31.5 Å². The third-order valence-electron chi connectivity index (χ3n) is 3.00. The molecule has 3 nitrogen and oxygen atoms in total. The first-order valence-electron chi connectivity index (χ1n) is 6.86. The Balaban J connectivity index is 2.78. The van der Waals surface area contributed by atoms with Crippen LogP contribution in [0.4, 0.5) is 19.0 Å². The van der Waals surface area contributed by atoms with Gasteiger partial charge in [0.1, 0.15) is 12.4 Å². The molecule has 1 aromatic rings. The van der Waals surface area contributed by atoms with Crippen molar-refractivity contribution in [2.75, 3.05) is 24.5 Å². The summed E-state index contributed by atoms with van der Waals surface area (Å²) in [7, 11) is 0. The Hall–Kier alpha value is -1.30. The van der Waals surface area contributed by atoms with Gasteiger partial charge in [-0.3, -0.25) is 0 Å². The van der Waals surface area contributed by atoms with E-state index in [4.69, 9.17) is 0 Å². The number of aromatic nitrogens is 1. The van der Waals surface area contributed by atoms with Crippen molar-refractivity contribution in [3.8, 4) is 0 Å². The summed E-state index contributed by atoms with van der Waals surface area (Å²) in [6.07, 6.45) is -3.17. The maximum Gasteiger partial charge on any atom is 0.405 e. The lowest BCUT2D eigenvalue weighted by molar-refractivity contribution is -0.119. The third kappa shape index (κ3) is 5.36. The van der Waals surface area contributed by atoms with Crippen LogP contribution < -0.4 is 10.2 Å². The van der Waals surface area contributed by atoms with E-state index in [9.17, 15) is 13.2 Å². The highest BCUT2D eigenvalue weighted by atomic mass is 19.4. The van der Waals surface area contributed by atoms with E-state index >= 15 is 0 Å². The third-order valence-corrected chi connectivity index (χ3v) is 3.00.